The largest absolute Gasteiger partial charge is 0.372 e. The summed E-state index contributed by atoms with van der Waals surface area (Å²) in [5.41, 5.74) is 1.74. The van der Waals surface area contributed by atoms with Crippen molar-refractivity contribution in [1.29, 1.82) is 5.26 Å². The number of hydrogen-bond donors (Lipinski definition) is 2. The molecule has 3 aromatic rings. The van der Waals surface area contributed by atoms with E-state index in [2.05, 4.69) is 26.7 Å². The van der Waals surface area contributed by atoms with Crippen LogP contribution in [-0.4, -0.2) is 21.4 Å². The molecule has 2 N–H and O–H groups in total. The van der Waals surface area contributed by atoms with Crippen molar-refractivity contribution in [2.75, 3.05) is 17.7 Å². The molecule has 0 saturated heterocycles. The maximum Gasteiger partial charge on any atom is 0.180 e. The second-order valence-electron chi connectivity index (χ2n) is 4.31. The Morgan fingerprint density at radius 2 is 2.24 bits per heavy atom. The third-order valence-electron chi connectivity index (χ3n) is 2.99. The standard InChI is InChI=1S/C14H11ClN6/c1-17-12-8-21-5-4-18-14(21)13(20-12)19-11-6-10(15)3-2-9(11)7-16/h2-6,8,17H,1H3,(H,19,20). The van der Waals surface area contributed by atoms with E-state index < -0.39 is 0 Å². The molecule has 2 heterocycles. The molecular weight excluding hydrogens is 288 g/mol. The summed E-state index contributed by atoms with van der Waals surface area (Å²) >= 11 is 5.99. The summed E-state index contributed by atoms with van der Waals surface area (Å²) in [5.74, 6) is 1.23. The molecule has 0 aliphatic carbocycles. The molecule has 0 saturated carbocycles. The van der Waals surface area contributed by atoms with E-state index in [1.54, 1.807) is 31.4 Å². The molecule has 1 aromatic carbocycles. The number of nitrogens with one attached hydrogen (secondary N) is 2. The predicted molar refractivity (Wildman–Crippen MR) is 82.0 cm³/mol. The zero-order valence-electron chi connectivity index (χ0n) is 11.1. The zero-order valence-corrected chi connectivity index (χ0v) is 11.9. The van der Waals surface area contributed by atoms with Gasteiger partial charge in [0, 0.05) is 24.5 Å². The number of imidazole rings is 1. The fourth-order valence-electron chi connectivity index (χ4n) is 1.98. The van der Waals surface area contributed by atoms with Crippen LogP contribution in [-0.2, 0) is 0 Å². The van der Waals surface area contributed by atoms with Crippen LogP contribution in [0.5, 0.6) is 0 Å². The van der Waals surface area contributed by atoms with Crippen molar-refractivity contribution in [3.05, 3.63) is 47.4 Å². The van der Waals surface area contributed by atoms with Gasteiger partial charge in [-0.05, 0) is 18.2 Å². The number of halogens is 1. The Morgan fingerprint density at radius 1 is 1.38 bits per heavy atom. The minimum atomic E-state index is 0.487. The number of hydrogen-bond acceptors (Lipinski definition) is 5. The maximum absolute atomic E-state index is 9.17. The lowest BCUT2D eigenvalue weighted by Crippen LogP contribution is -2.03. The van der Waals surface area contributed by atoms with Gasteiger partial charge in [0.25, 0.3) is 0 Å². The Morgan fingerprint density at radius 3 is 3.00 bits per heavy atom. The van der Waals surface area contributed by atoms with Gasteiger partial charge >= 0.3 is 0 Å². The number of aromatic nitrogens is 3. The monoisotopic (exact) mass is 298 g/mol. The molecule has 3 rings (SSSR count). The van der Waals surface area contributed by atoms with Gasteiger partial charge in [-0.2, -0.15) is 5.26 Å². The van der Waals surface area contributed by atoms with Crippen molar-refractivity contribution in [2.24, 2.45) is 0 Å². The van der Waals surface area contributed by atoms with Gasteiger partial charge in [-0.1, -0.05) is 11.6 Å². The van der Waals surface area contributed by atoms with Gasteiger partial charge in [-0.25, -0.2) is 9.97 Å². The van der Waals surface area contributed by atoms with Crippen molar-refractivity contribution in [3.63, 3.8) is 0 Å². The molecule has 0 radical (unpaired) electrons. The Balaban J connectivity index is 2.12. The van der Waals surface area contributed by atoms with Crippen LogP contribution in [0.15, 0.2) is 36.8 Å². The highest BCUT2D eigenvalue weighted by atomic mass is 35.5. The molecule has 0 spiro atoms. The van der Waals surface area contributed by atoms with Crippen molar-refractivity contribution in [2.45, 2.75) is 0 Å². The lowest BCUT2D eigenvalue weighted by molar-refractivity contribution is 1.12. The van der Waals surface area contributed by atoms with Crippen molar-refractivity contribution >= 4 is 34.6 Å². The molecule has 0 atom stereocenters. The number of fused-ring (bicyclic) bond motifs is 1. The first kappa shape index (κ1) is 13.2. The predicted octanol–water partition coefficient (Wildman–Crippen LogP) is 3.04. The van der Waals surface area contributed by atoms with Crippen molar-refractivity contribution in [3.8, 4) is 6.07 Å². The molecule has 104 valence electrons. The van der Waals surface area contributed by atoms with Crippen molar-refractivity contribution in [1.82, 2.24) is 14.4 Å². The van der Waals surface area contributed by atoms with E-state index in [0.717, 1.165) is 0 Å². The maximum atomic E-state index is 9.17. The first-order valence-corrected chi connectivity index (χ1v) is 6.57. The lowest BCUT2D eigenvalue weighted by Gasteiger charge is -2.10. The molecular formula is C14H11ClN6. The minimum absolute atomic E-state index is 0.487. The summed E-state index contributed by atoms with van der Waals surface area (Å²) in [6.45, 7) is 0. The minimum Gasteiger partial charge on any atom is -0.372 e. The van der Waals surface area contributed by atoms with Crippen LogP contribution in [0.1, 0.15) is 5.56 Å². The van der Waals surface area contributed by atoms with Crippen molar-refractivity contribution < 1.29 is 0 Å². The fourth-order valence-corrected chi connectivity index (χ4v) is 2.15. The molecule has 0 aliphatic rings. The van der Waals surface area contributed by atoms with Gasteiger partial charge < -0.3 is 15.0 Å². The summed E-state index contributed by atoms with van der Waals surface area (Å²) in [4.78, 5) is 8.70. The van der Waals surface area contributed by atoms with E-state index in [1.807, 2.05) is 16.8 Å². The summed E-state index contributed by atoms with van der Waals surface area (Å²) in [6, 6.07) is 7.15. The van der Waals surface area contributed by atoms with Gasteiger partial charge in [-0.3, -0.25) is 0 Å². The highest BCUT2D eigenvalue weighted by Gasteiger charge is 2.10. The van der Waals surface area contributed by atoms with E-state index in [4.69, 9.17) is 11.6 Å². The van der Waals surface area contributed by atoms with Crippen LogP contribution < -0.4 is 10.6 Å². The van der Waals surface area contributed by atoms with E-state index >= 15 is 0 Å². The number of rotatable bonds is 3. The second-order valence-corrected chi connectivity index (χ2v) is 4.75. The Kier molecular flexibility index (Phi) is 3.34. The molecule has 0 amide bonds. The topological polar surface area (TPSA) is 78.0 Å². The average Bonchev–Trinajstić information content (AvgIpc) is 2.96. The normalized spacial score (nSPS) is 10.3. The fraction of sp³-hybridized carbons (Fsp3) is 0.0714. The van der Waals surface area contributed by atoms with Crippen LogP contribution in [0.3, 0.4) is 0 Å². The van der Waals surface area contributed by atoms with E-state index in [-0.39, 0.29) is 0 Å². The molecule has 21 heavy (non-hydrogen) atoms. The van der Waals surface area contributed by atoms with Gasteiger partial charge in [0.2, 0.25) is 0 Å². The van der Waals surface area contributed by atoms with Crippen LogP contribution >= 0.6 is 11.6 Å². The van der Waals surface area contributed by atoms with Crippen LogP contribution in [0.25, 0.3) is 5.65 Å². The van der Waals surface area contributed by atoms with E-state index in [0.29, 0.717) is 33.6 Å². The van der Waals surface area contributed by atoms with E-state index in [1.165, 1.54) is 0 Å². The van der Waals surface area contributed by atoms with Gasteiger partial charge in [0.15, 0.2) is 11.5 Å². The lowest BCUT2D eigenvalue weighted by atomic mass is 10.2. The molecule has 7 heteroatoms. The van der Waals surface area contributed by atoms with Crippen LogP contribution in [0, 0.1) is 11.3 Å². The van der Waals surface area contributed by atoms with E-state index in [9.17, 15) is 5.26 Å². The van der Waals surface area contributed by atoms with Crippen LogP contribution in [0.4, 0.5) is 17.3 Å². The zero-order chi connectivity index (χ0) is 14.8. The Bertz CT molecular complexity index is 848. The number of anilines is 3. The highest BCUT2D eigenvalue weighted by molar-refractivity contribution is 6.30. The van der Waals surface area contributed by atoms with Gasteiger partial charge in [0.1, 0.15) is 11.9 Å². The third kappa shape index (κ3) is 2.47. The number of benzene rings is 1. The average molecular weight is 299 g/mol. The Hall–Kier alpha value is -2.78. The summed E-state index contributed by atoms with van der Waals surface area (Å²) in [7, 11) is 1.79. The quantitative estimate of drug-likeness (QED) is 0.777. The molecule has 0 bridgehead atoms. The third-order valence-corrected chi connectivity index (χ3v) is 3.22. The summed E-state index contributed by atoms with van der Waals surface area (Å²) < 4.78 is 1.85. The molecule has 0 unspecified atom stereocenters. The SMILES string of the molecule is CNc1cn2ccnc2c(Nc2cc(Cl)ccc2C#N)n1. The number of nitrogens with zero attached hydrogens (tertiary/aromatic N) is 4. The van der Waals surface area contributed by atoms with Crippen LogP contribution in [0.2, 0.25) is 5.02 Å². The molecule has 0 aliphatic heterocycles. The molecule has 6 nitrogen and oxygen atoms in total. The van der Waals surface area contributed by atoms with Gasteiger partial charge in [-0.15, -0.1) is 0 Å². The summed E-state index contributed by atoms with van der Waals surface area (Å²) in [5, 5.41) is 15.8. The first-order valence-electron chi connectivity index (χ1n) is 6.19. The first-order chi connectivity index (χ1) is 10.2. The molecule has 0 fully saturated rings. The smallest absolute Gasteiger partial charge is 0.180 e. The van der Waals surface area contributed by atoms with Gasteiger partial charge in [0.05, 0.1) is 17.4 Å². The Labute approximate surface area is 126 Å². The number of nitriles is 1. The second kappa shape index (κ2) is 5.31. The molecule has 2 aromatic heterocycles. The summed E-state index contributed by atoms with van der Waals surface area (Å²) in [6.07, 6.45) is 5.34. The highest BCUT2D eigenvalue weighted by Crippen LogP contribution is 2.26.